The van der Waals surface area contributed by atoms with Crippen LogP contribution in [0.3, 0.4) is 0 Å². The summed E-state index contributed by atoms with van der Waals surface area (Å²) in [5, 5.41) is 9.73. The maximum absolute atomic E-state index is 14.5. The van der Waals surface area contributed by atoms with Crippen LogP contribution in [0.2, 0.25) is 0 Å². The summed E-state index contributed by atoms with van der Waals surface area (Å²) in [4.78, 5) is 18.4. The van der Waals surface area contributed by atoms with Crippen LogP contribution in [0.5, 0.6) is 5.88 Å². The van der Waals surface area contributed by atoms with Gasteiger partial charge in [0.2, 0.25) is 11.8 Å². The Hall–Kier alpha value is -3.27. The van der Waals surface area contributed by atoms with Crippen molar-refractivity contribution in [1.29, 1.82) is 0 Å². The molecule has 0 saturated carbocycles. The van der Waals surface area contributed by atoms with E-state index in [1.54, 1.807) is 10.9 Å². The smallest absolute Gasteiger partial charge is 0.250 e. The number of ether oxygens (including phenoxy) is 2. The van der Waals surface area contributed by atoms with E-state index in [4.69, 9.17) is 19.7 Å². The molecule has 2 atom stereocenters. The molecule has 5 heterocycles. The molecule has 198 valence electrons. The Kier molecular flexibility index (Phi) is 7.02. The Balaban J connectivity index is 1.52. The molecule has 5 rings (SSSR count). The van der Waals surface area contributed by atoms with Crippen LogP contribution >= 0.6 is 0 Å². The number of hydrogen-bond donors (Lipinski definition) is 0. The normalized spacial score (nSPS) is 21.0. The number of fused-ring (bicyclic) bond motifs is 1. The van der Waals surface area contributed by atoms with E-state index in [1.165, 1.54) is 13.2 Å². The molecule has 0 radical (unpaired) electrons. The highest BCUT2D eigenvalue weighted by atomic mass is 19.1. The van der Waals surface area contributed by atoms with E-state index < -0.39 is 5.82 Å². The molecule has 1 amide bonds. The Morgan fingerprint density at radius 2 is 2.03 bits per heavy atom. The van der Waals surface area contributed by atoms with Gasteiger partial charge >= 0.3 is 0 Å². The molecule has 10 heteroatoms. The first-order valence-corrected chi connectivity index (χ1v) is 13.1. The van der Waals surface area contributed by atoms with Gasteiger partial charge in [-0.3, -0.25) is 9.48 Å². The Labute approximate surface area is 216 Å². The molecule has 9 nitrogen and oxygen atoms in total. The summed E-state index contributed by atoms with van der Waals surface area (Å²) in [5.41, 5.74) is 4.30. The quantitative estimate of drug-likeness (QED) is 0.478. The van der Waals surface area contributed by atoms with Crippen molar-refractivity contribution in [2.24, 2.45) is 5.41 Å². The average Bonchev–Trinajstić information content (AvgIpc) is 3.43. The van der Waals surface area contributed by atoms with Crippen molar-refractivity contribution < 1.29 is 18.7 Å². The number of likely N-dealkylation sites (tertiary alicyclic amines) is 1. The molecule has 0 N–H and O–H groups in total. The number of hydrogen-bond acceptors (Lipinski definition) is 6. The number of carbonyl (C=O) groups excluding carboxylic acids is 1. The zero-order valence-electron chi connectivity index (χ0n) is 22.0. The second kappa shape index (κ2) is 10.2. The minimum Gasteiger partial charge on any atom is -0.479 e. The lowest BCUT2D eigenvalue weighted by Crippen LogP contribution is -2.48. The van der Waals surface area contributed by atoms with Crippen LogP contribution in [-0.2, 0) is 22.4 Å². The van der Waals surface area contributed by atoms with Crippen molar-refractivity contribution in [3.8, 4) is 22.8 Å². The second-order valence-electron chi connectivity index (χ2n) is 10.2. The highest BCUT2D eigenvalue weighted by Gasteiger charge is 2.41. The predicted octanol–water partition coefficient (Wildman–Crippen LogP) is 3.99. The highest BCUT2D eigenvalue weighted by molar-refractivity contribution is 5.77. The van der Waals surface area contributed by atoms with Crippen LogP contribution in [0.1, 0.15) is 57.3 Å². The Morgan fingerprint density at radius 1 is 1.22 bits per heavy atom. The van der Waals surface area contributed by atoms with Gasteiger partial charge in [-0.1, -0.05) is 13.8 Å². The van der Waals surface area contributed by atoms with Gasteiger partial charge in [0, 0.05) is 54.7 Å². The number of aromatic nitrogens is 5. The zero-order chi connectivity index (χ0) is 26.2. The first-order valence-electron chi connectivity index (χ1n) is 13.1. The standard InChI is InChI=1S/C27H35FN6O3/c1-5-23(27(3)10-7-24(35)32(6-2)17-27)33-16-18(14-30-33)25-20-8-11-37-12-9-22(20)34(31-25)19-13-21(28)26(36-4)29-15-19/h13-16,23H,5-12,17H2,1-4H3. The summed E-state index contributed by atoms with van der Waals surface area (Å²) >= 11 is 0. The minimum absolute atomic E-state index is 0.0445. The van der Waals surface area contributed by atoms with Crippen molar-refractivity contribution >= 4 is 5.91 Å². The van der Waals surface area contributed by atoms with E-state index in [1.807, 2.05) is 22.7 Å². The van der Waals surface area contributed by atoms with E-state index in [0.717, 1.165) is 48.4 Å². The van der Waals surface area contributed by atoms with Crippen LogP contribution < -0.4 is 4.74 Å². The molecule has 2 aliphatic heterocycles. The zero-order valence-corrected chi connectivity index (χ0v) is 22.0. The number of amides is 1. The third-order valence-corrected chi connectivity index (χ3v) is 7.88. The fourth-order valence-electron chi connectivity index (χ4n) is 5.92. The van der Waals surface area contributed by atoms with Gasteiger partial charge in [-0.15, -0.1) is 0 Å². The van der Waals surface area contributed by atoms with Crippen LogP contribution in [-0.4, -0.2) is 68.8 Å². The van der Waals surface area contributed by atoms with Gasteiger partial charge in [0.1, 0.15) is 0 Å². The maximum atomic E-state index is 14.5. The summed E-state index contributed by atoms with van der Waals surface area (Å²) in [6, 6.07) is 1.54. The number of halogens is 1. The van der Waals surface area contributed by atoms with Crippen molar-refractivity contribution in [3.63, 3.8) is 0 Å². The number of methoxy groups -OCH3 is 1. The first kappa shape index (κ1) is 25.4. The van der Waals surface area contributed by atoms with Crippen LogP contribution in [0, 0.1) is 11.2 Å². The van der Waals surface area contributed by atoms with E-state index in [0.29, 0.717) is 38.2 Å². The molecule has 0 bridgehead atoms. The molecule has 3 aromatic heterocycles. The molecule has 37 heavy (non-hydrogen) atoms. The van der Waals surface area contributed by atoms with Crippen molar-refractivity contribution in [2.75, 3.05) is 33.4 Å². The molecule has 1 saturated heterocycles. The Morgan fingerprint density at radius 3 is 2.76 bits per heavy atom. The second-order valence-corrected chi connectivity index (χ2v) is 10.2. The van der Waals surface area contributed by atoms with Crippen LogP contribution in [0.4, 0.5) is 4.39 Å². The number of piperidine rings is 1. The fourth-order valence-corrected chi connectivity index (χ4v) is 5.92. The van der Waals surface area contributed by atoms with Gasteiger partial charge in [-0.2, -0.15) is 10.2 Å². The lowest BCUT2D eigenvalue weighted by atomic mass is 9.74. The molecular formula is C27H35FN6O3. The monoisotopic (exact) mass is 510 g/mol. The number of carbonyl (C=O) groups is 1. The van der Waals surface area contributed by atoms with E-state index in [2.05, 4.69) is 25.0 Å². The number of pyridine rings is 1. The van der Waals surface area contributed by atoms with Crippen LogP contribution in [0.15, 0.2) is 24.7 Å². The Bertz CT molecular complexity index is 1290. The first-order chi connectivity index (χ1) is 17.9. The fraction of sp³-hybridized carbons (Fsp3) is 0.556. The maximum Gasteiger partial charge on any atom is 0.250 e. The summed E-state index contributed by atoms with van der Waals surface area (Å²) in [6.07, 6.45) is 9.20. The molecule has 2 aliphatic rings. The lowest BCUT2D eigenvalue weighted by Gasteiger charge is -2.44. The summed E-state index contributed by atoms with van der Waals surface area (Å²) in [6.45, 7) is 9.11. The molecule has 0 aliphatic carbocycles. The SMILES string of the molecule is CCC(n1cc(-c2nn(-c3cnc(OC)c(F)c3)c3c2CCOCC3)cn1)C1(C)CCC(=O)N(CC)C1. The molecular weight excluding hydrogens is 475 g/mol. The van der Waals surface area contributed by atoms with Gasteiger partial charge in [-0.05, 0) is 26.2 Å². The third-order valence-electron chi connectivity index (χ3n) is 7.88. The molecule has 0 aromatic carbocycles. The summed E-state index contributed by atoms with van der Waals surface area (Å²) < 4.78 is 29.1. The highest BCUT2D eigenvalue weighted by Crippen LogP contribution is 2.42. The number of rotatable bonds is 7. The number of nitrogens with zero attached hydrogens (tertiary/aromatic N) is 6. The predicted molar refractivity (Wildman–Crippen MR) is 136 cm³/mol. The van der Waals surface area contributed by atoms with Gasteiger partial charge in [-0.25, -0.2) is 14.1 Å². The minimum atomic E-state index is -0.533. The van der Waals surface area contributed by atoms with Gasteiger partial charge < -0.3 is 14.4 Å². The van der Waals surface area contributed by atoms with Gasteiger partial charge in [0.05, 0.1) is 55.8 Å². The van der Waals surface area contributed by atoms with Crippen molar-refractivity contribution in [2.45, 2.75) is 58.9 Å². The van der Waals surface area contributed by atoms with Crippen molar-refractivity contribution in [1.82, 2.24) is 29.4 Å². The van der Waals surface area contributed by atoms with Gasteiger partial charge in [0.15, 0.2) is 5.82 Å². The lowest BCUT2D eigenvalue weighted by molar-refractivity contribution is -0.138. The van der Waals surface area contributed by atoms with Gasteiger partial charge in [0.25, 0.3) is 0 Å². The molecule has 0 spiro atoms. The average molecular weight is 511 g/mol. The topological polar surface area (TPSA) is 87.3 Å². The third kappa shape index (κ3) is 4.63. The summed E-state index contributed by atoms with van der Waals surface area (Å²) in [7, 11) is 1.40. The van der Waals surface area contributed by atoms with Crippen molar-refractivity contribution in [3.05, 3.63) is 41.7 Å². The van der Waals surface area contributed by atoms with E-state index in [9.17, 15) is 9.18 Å². The molecule has 2 unspecified atom stereocenters. The van der Waals surface area contributed by atoms with E-state index >= 15 is 0 Å². The largest absolute Gasteiger partial charge is 0.479 e. The van der Waals surface area contributed by atoms with Crippen LogP contribution in [0.25, 0.3) is 16.9 Å². The molecule has 3 aromatic rings. The van der Waals surface area contributed by atoms with E-state index in [-0.39, 0.29) is 23.2 Å². The summed E-state index contributed by atoms with van der Waals surface area (Å²) in [5.74, 6) is -0.345. The molecule has 1 fully saturated rings.